The second-order valence-corrected chi connectivity index (χ2v) is 8.45. The van der Waals surface area contributed by atoms with Crippen LogP contribution in [0.25, 0.3) is 11.0 Å². The van der Waals surface area contributed by atoms with Crippen molar-refractivity contribution in [2.75, 3.05) is 11.8 Å². The number of benzene rings is 2. The van der Waals surface area contributed by atoms with Crippen molar-refractivity contribution in [3.05, 3.63) is 54.4 Å². The van der Waals surface area contributed by atoms with E-state index in [1.165, 1.54) is 0 Å². The van der Waals surface area contributed by atoms with Crippen molar-refractivity contribution in [1.29, 1.82) is 0 Å². The molecule has 1 fully saturated rings. The number of aromatic amines is 1. The molecule has 7 heteroatoms. The lowest BCUT2D eigenvalue weighted by molar-refractivity contribution is 0.567. The van der Waals surface area contributed by atoms with E-state index in [0.29, 0.717) is 17.6 Å². The molecular formula is C19H22N4O2S. The minimum absolute atomic E-state index is 0.245. The Kier molecular flexibility index (Phi) is 4.42. The fourth-order valence-corrected chi connectivity index (χ4v) is 4.66. The van der Waals surface area contributed by atoms with Gasteiger partial charge in [-0.25, -0.2) is 13.4 Å². The third-order valence-electron chi connectivity index (χ3n) is 5.03. The van der Waals surface area contributed by atoms with Crippen LogP contribution in [0.2, 0.25) is 0 Å². The number of hydrogen-bond donors (Lipinski definition) is 3. The van der Waals surface area contributed by atoms with Crippen LogP contribution in [0.5, 0.6) is 0 Å². The van der Waals surface area contributed by atoms with Crippen molar-refractivity contribution >= 4 is 26.7 Å². The van der Waals surface area contributed by atoms with Crippen LogP contribution in [0.1, 0.15) is 31.0 Å². The Hall–Kier alpha value is -2.38. The molecule has 1 heterocycles. The van der Waals surface area contributed by atoms with Gasteiger partial charge in [0.05, 0.1) is 21.6 Å². The lowest BCUT2D eigenvalue weighted by Crippen LogP contribution is -2.21. The average Bonchev–Trinajstić information content (AvgIpc) is 3.28. The van der Waals surface area contributed by atoms with E-state index in [1.807, 2.05) is 13.1 Å². The summed E-state index contributed by atoms with van der Waals surface area (Å²) in [4.78, 5) is 8.32. The van der Waals surface area contributed by atoms with Gasteiger partial charge in [0.25, 0.3) is 10.0 Å². The van der Waals surface area contributed by atoms with Crippen molar-refractivity contribution < 1.29 is 8.42 Å². The van der Waals surface area contributed by atoms with E-state index in [4.69, 9.17) is 4.98 Å². The Labute approximate surface area is 153 Å². The highest BCUT2D eigenvalue weighted by Crippen LogP contribution is 2.34. The van der Waals surface area contributed by atoms with Crippen molar-refractivity contribution in [3.8, 4) is 0 Å². The lowest BCUT2D eigenvalue weighted by Gasteiger charge is -2.08. The fraction of sp³-hybridized carbons (Fsp3) is 0.316. The molecular weight excluding hydrogens is 348 g/mol. The predicted molar refractivity (Wildman–Crippen MR) is 103 cm³/mol. The summed E-state index contributed by atoms with van der Waals surface area (Å²) in [5.74, 6) is 1.41. The number of nitrogens with one attached hydrogen (secondary N) is 3. The zero-order valence-corrected chi connectivity index (χ0v) is 15.4. The Morgan fingerprint density at radius 3 is 2.65 bits per heavy atom. The van der Waals surface area contributed by atoms with Gasteiger partial charge in [0, 0.05) is 12.0 Å². The summed E-state index contributed by atoms with van der Waals surface area (Å²) in [5, 5.41) is 3.33. The van der Waals surface area contributed by atoms with Crippen LogP contribution in [0.15, 0.2) is 53.4 Å². The summed E-state index contributed by atoms with van der Waals surface area (Å²) in [7, 11) is -1.60. The van der Waals surface area contributed by atoms with E-state index in [-0.39, 0.29) is 4.90 Å². The summed E-state index contributed by atoms with van der Waals surface area (Å²) in [6, 6.07) is 14.3. The minimum Gasteiger partial charge on any atom is -0.342 e. The third kappa shape index (κ3) is 3.32. The minimum atomic E-state index is -3.59. The number of aromatic nitrogens is 2. The monoisotopic (exact) mass is 370 g/mol. The van der Waals surface area contributed by atoms with E-state index >= 15 is 0 Å². The zero-order chi connectivity index (χ0) is 18.1. The van der Waals surface area contributed by atoms with Gasteiger partial charge in [-0.15, -0.1) is 0 Å². The quantitative estimate of drug-likeness (QED) is 0.644. The molecule has 0 saturated heterocycles. The number of rotatable bonds is 5. The van der Waals surface area contributed by atoms with E-state index in [0.717, 1.165) is 36.1 Å². The molecule has 26 heavy (non-hydrogen) atoms. The highest BCUT2D eigenvalue weighted by Gasteiger charge is 2.27. The van der Waals surface area contributed by atoms with Gasteiger partial charge in [0.1, 0.15) is 5.82 Å². The van der Waals surface area contributed by atoms with Crippen molar-refractivity contribution in [3.63, 3.8) is 0 Å². The molecule has 3 N–H and O–H groups in total. The van der Waals surface area contributed by atoms with Gasteiger partial charge in [-0.2, -0.15) is 0 Å². The number of imidazole rings is 1. The molecule has 1 aromatic heterocycles. The van der Waals surface area contributed by atoms with Crippen molar-refractivity contribution in [1.82, 2.24) is 15.3 Å². The molecule has 6 nitrogen and oxygen atoms in total. The van der Waals surface area contributed by atoms with Gasteiger partial charge in [0.2, 0.25) is 0 Å². The molecule has 2 unspecified atom stereocenters. The van der Waals surface area contributed by atoms with Crippen LogP contribution < -0.4 is 10.0 Å². The molecule has 0 radical (unpaired) electrons. The van der Waals surface area contributed by atoms with Crippen LogP contribution in [0, 0.1) is 0 Å². The first kappa shape index (κ1) is 17.1. The Bertz CT molecular complexity index is 1010. The fourth-order valence-electron chi connectivity index (χ4n) is 3.59. The van der Waals surface area contributed by atoms with Gasteiger partial charge in [-0.3, -0.25) is 4.72 Å². The first-order chi connectivity index (χ1) is 12.5. The number of fused-ring (bicyclic) bond motifs is 1. The van der Waals surface area contributed by atoms with Crippen LogP contribution in [0.4, 0.5) is 5.69 Å². The highest BCUT2D eigenvalue weighted by atomic mass is 32.2. The van der Waals surface area contributed by atoms with Crippen LogP contribution >= 0.6 is 0 Å². The SMILES string of the molecule is CNC1CCC(c2nc3ccc(NS(=O)(=O)c4ccccc4)cc3[nH]2)C1. The second kappa shape index (κ2) is 6.74. The molecule has 1 saturated carbocycles. The van der Waals surface area contributed by atoms with Gasteiger partial charge in [-0.05, 0) is 56.6 Å². The van der Waals surface area contributed by atoms with Gasteiger partial charge < -0.3 is 10.3 Å². The molecule has 4 rings (SSSR count). The number of H-pyrrole nitrogens is 1. The summed E-state index contributed by atoms with van der Waals surface area (Å²) in [6.45, 7) is 0. The van der Waals surface area contributed by atoms with E-state index in [2.05, 4.69) is 15.0 Å². The van der Waals surface area contributed by atoms with Crippen molar-refractivity contribution in [2.45, 2.75) is 36.1 Å². The molecule has 1 aliphatic carbocycles. The molecule has 0 spiro atoms. The van der Waals surface area contributed by atoms with Crippen LogP contribution in [0.3, 0.4) is 0 Å². The first-order valence-corrected chi connectivity index (χ1v) is 10.3. The molecule has 2 aromatic carbocycles. The smallest absolute Gasteiger partial charge is 0.261 e. The van der Waals surface area contributed by atoms with E-state index in [9.17, 15) is 8.42 Å². The summed E-state index contributed by atoms with van der Waals surface area (Å²) in [6.07, 6.45) is 3.34. The number of anilines is 1. The normalized spacial score (nSPS) is 20.5. The molecule has 0 aliphatic heterocycles. The zero-order valence-electron chi connectivity index (χ0n) is 14.6. The lowest BCUT2D eigenvalue weighted by atomic mass is 10.1. The molecule has 136 valence electrons. The molecule has 1 aliphatic rings. The second-order valence-electron chi connectivity index (χ2n) is 6.77. The predicted octanol–water partition coefficient (Wildman–Crippen LogP) is 3.22. The van der Waals surface area contributed by atoms with E-state index in [1.54, 1.807) is 42.5 Å². The third-order valence-corrected chi connectivity index (χ3v) is 6.43. The average molecular weight is 370 g/mol. The Morgan fingerprint density at radius 1 is 1.12 bits per heavy atom. The maximum Gasteiger partial charge on any atom is 0.261 e. The standard InChI is InChI=1S/C19H22N4O2S/c1-20-14-8-7-13(11-14)19-21-17-10-9-15(12-18(17)22-19)23-26(24,25)16-5-3-2-4-6-16/h2-6,9-10,12-14,20,23H,7-8,11H2,1H3,(H,21,22). The maximum atomic E-state index is 12.5. The first-order valence-electron chi connectivity index (χ1n) is 8.80. The number of nitrogens with zero attached hydrogens (tertiary/aromatic N) is 1. The number of sulfonamides is 1. The summed E-state index contributed by atoms with van der Waals surface area (Å²) >= 11 is 0. The van der Waals surface area contributed by atoms with Gasteiger partial charge >= 0.3 is 0 Å². The van der Waals surface area contributed by atoms with Crippen LogP contribution in [-0.4, -0.2) is 31.5 Å². The molecule has 3 aromatic rings. The van der Waals surface area contributed by atoms with Gasteiger partial charge in [0.15, 0.2) is 0 Å². The number of hydrogen-bond acceptors (Lipinski definition) is 4. The molecule has 2 atom stereocenters. The largest absolute Gasteiger partial charge is 0.342 e. The maximum absolute atomic E-state index is 12.5. The van der Waals surface area contributed by atoms with Crippen LogP contribution in [-0.2, 0) is 10.0 Å². The Balaban J connectivity index is 1.58. The summed E-state index contributed by atoms with van der Waals surface area (Å²) in [5.41, 5.74) is 2.23. The van der Waals surface area contributed by atoms with Gasteiger partial charge in [-0.1, -0.05) is 18.2 Å². The van der Waals surface area contributed by atoms with Crippen molar-refractivity contribution in [2.24, 2.45) is 0 Å². The van der Waals surface area contributed by atoms with E-state index < -0.39 is 10.0 Å². The molecule has 0 bridgehead atoms. The highest BCUT2D eigenvalue weighted by molar-refractivity contribution is 7.92. The Morgan fingerprint density at radius 2 is 1.92 bits per heavy atom. The summed E-state index contributed by atoms with van der Waals surface area (Å²) < 4.78 is 27.6. The topological polar surface area (TPSA) is 86.9 Å². The molecule has 0 amide bonds.